The summed E-state index contributed by atoms with van der Waals surface area (Å²) in [6.07, 6.45) is 2.30. The van der Waals surface area contributed by atoms with Gasteiger partial charge in [0.1, 0.15) is 0 Å². The minimum absolute atomic E-state index is 0.717. The minimum atomic E-state index is 0.717. The molecule has 0 radical (unpaired) electrons. The Labute approximate surface area is 175 Å². The van der Waals surface area contributed by atoms with E-state index in [1.54, 1.807) is 22.6 Å². The van der Waals surface area contributed by atoms with Crippen LogP contribution in [0.5, 0.6) is 0 Å². The predicted molar refractivity (Wildman–Crippen MR) is 121 cm³/mol. The van der Waals surface area contributed by atoms with Crippen LogP contribution in [0.1, 0.15) is 34.2 Å². The van der Waals surface area contributed by atoms with Crippen molar-refractivity contribution in [3.05, 3.63) is 75.7 Å². The molecule has 4 heteroatoms. The number of hydrogen-bond donors (Lipinski definition) is 0. The summed E-state index contributed by atoms with van der Waals surface area (Å²) >= 11 is 1.79. The molecule has 2 unspecified atom stereocenters. The molecule has 1 fully saturated rings. The SMILES string of the molecule is Cc1ccc2c(c1)c1c(n2CCc2nc(-c3ccccc3)cs2)CN2CCC1C2. The van der Waals surface area contributed by atoms with Crippen molar-refractivity contribution in [2.45, 2.75) is 38.8 Å². The van der Waals surface area contributed by atoms with Crippen LogP contribution in [0.25, 0.3) is 22.2 Å². The Morgan fingerprint density at radius 2 is 2.03 bits per heavy atom. The van der Waals surface area contributed by atoms with E-state index in [-0.39, 0.29) is 0 Å². The third-order valence-corrected chi connectivity index (χ3v) is 7.50. The third-order valence-electron chi connectivity index (χ3n) is 6.59. The van der Waals surface area contributed by atoms with Crippen LogP contribution in [0.2, 0.25) is 0 Å². The van der Waals surface area contributed by atoms with Crippen molar-refractivity contribution in [2.75, 3.05) is 13.1 Å². The third kappa shape index (κ3) is 2.93. The Kier molecular flexibility index (Phi) is 4.10. The van der Waals surface area contributed by atoms with Crippen molar-refractivity contribution in [3.8, 4) is 11.3 Å². The molecule has 29 heavy (non-hydrogen) atoms. The molecule has 2 bridgehead atoms. The fourth-order valence-corrected chi connectivity index (χ4v) is 6.02. The second-order valence-electron chi connectivity index (χ2n) is 8.50. The average molecular weight is 400 g/mol. The Balaban J connectivity index is 1.34. The van der Waals surface area contributed by atoms with Crippen LogP contribution in [-0.4, -0.2) is 27.5 Å². The molecule has 0 amide bonds. The molecule has 146 valence electrons. The van der Waals surface area contributed by atoms with E-state index in [4.69, 9.17) is 4.98 Å². The summed E-state index contributed by atoms with van der Waals surface area (Å²) in [5.41, 5.74) is 8.28. The monoisotopic (exact) mass is 399 g/mol. The highest BCUT2D eigenvalue weighted by Gasteiger charge is 2.35. The summed E-state index contributed by atoms with van der Waals surface area (Å²) < 4.78 is 2.60. The molecular formula is C25H25N3S. The first-order valence-corrected chi connectivity index (χ1v) is 11.5. The van der Waals surface area contributed by atoms with Crippen molar-refractivity contribution in [1.82, 2.24) is 14.5 Å². The highest BCUT2D eigenvalue weighted by molar-refractivity contribution is 7.09. The van der Waals surface area contributed by atoms with Gasteiger partial charge in [0.25, 0.3) is 0 Å². The maximum Gasteiger partial charge on any atom is 0.0950 e. The van der Waals surface area contributed by atoms with Crippen LogP contribution < -0.4 is 0 Å². The van der Waals surface area contributed by atoms with Crippen LogP contribution in [0.3, 0.4) is 0 Å². The highest BCUT2D eigenvalue weighted by atomic mass is 32.1. The van der Waals surface area contributed by atoms with Gasteiger partial charge in [-0.1, -0.05) is 42.0 Å². The maximum absolute atomic E-state index is 4.92. The van der Waals surface area contributed by atoms with Crippen molar-refractivity contribution >= 4 is 22.2 Å². The summed E-state index contributed by atoms with van der Waals surface area (Å²) in [7, 11) is 0. The van der Waals surface area contributed by atoms with Gasteiger partial charge in [0.05, 0.1) is 10.7 Å². The highest BCUT2D eigenvalue weighted by Crippen LogP contribution is 2.42. The topological polar surface area (TPSA) is 21.1 Å². The number of benzene rings is 2. The van der Waals surface area contributed by atoms with Gasteiger partial charge >= 0.3 is 0 Å². The lowest BCUT2D eigenvalue weighted by molar-refractivity contribution is 0.304. The number of thiazole rings is 1. The molecule has 0 spiro atoms. The van der Waals surface area contributed by atoms with E-state index >= 15 is 0 Å². The molecule has 4 aromatic rings. The van der Waals surface area contributed by atoms with Crippen LogP contribution in [0, 0.1) is 6.92 Å². The zero-order chi connectivity index (χ0) is 19.4. The zero-order valence-electron chi connectivity index (χ0n) is 16.8. The van der Waals surface area contributed by atoms with Gasteiger partial charge in [-0.3, -0.25) is 4.90 Å². The second-order valence-corrected chi connectivity index (χ2v) is 9.44. The van der Waals surface area contributed by atoms with E-state index in [1.807, 2.05) is 0 Å². The number of fused-ring (bicyclic) bond motifs is 6. The molecule has 2 aliphatic heterocycles. The summed E-state index contributed by atoms with van der Waals surface area (Å²) in [6, 6.07) is 17.5. The number of aromatic nitrogens is 2. The molecule has 2 aliphatic rings. The maximum atomic E-state index is 4.92. The van der Waals surface area contributed by atoms with Gasteiger partial charge in [0, 0.05) is 59.5 Å². The molecule has 6 rings (SSSR count). The normalized spacial score (nSPS) is 20.3. The van der Waals surface area contributed by atoms with Gasteiger partial charge in [0.15, 0.2) is 0 Å². The molecule has 0 saturated carbocycles. The number of hydrogen-bond acceptors (Lipinski definition) is 3. The first-order valence-electron chi connectivity index (χ1n) is 10.6. The first kappa shape index (κ1) is 17.4. The Bertz CT molecular complexity index is 1190. The quantitative estimate of drug-likeness (QED) is 0.444. The molecule has 3 nitrogen and oxygen atoms in total. The first-order chi connectivity index (χ1) is 14.3. The molecule has 2 aromatic heterocycles. The smallest absolute Gasteiger partial charge is 0.0950 e. The zero-order valence-corrected chi connectivity index (χ0v) is 17.6. The molecule has 4 heterocycles. The largest absolute Gasteiger partial charge is 0.343 e. The number of nitrogens with zero attached hydrogens (tertiary/aromatic N) is 3. The summed E-state index contributed by atoms with van der Waals surface area (Å²) in [5.74, 6) is 0.717. The van der Waals surface area contributed by atoms with E-state index < -0.39 is 0 Å². The molecule has 2 atom stereocenters. The summed E-state index contributed by atoms with van der Waals surface area (Å²) in [6.45, 7) is 6.82. The van der Waals surface area contributed by atoms with Crippen LogP contribution in [0.15, 0.2) is 53.9 Å². The van der Waals surface area contributed by atoms with E-state index in [2.05, 4.69) is 70.3 Å². The fraction of sp³-hybridized carbons (Fsp3) is 0.320. The van der Waals surface area contributed by atoms with E-state index in [0.29, 0.717) is 5.92 Å². The van der Waals surface area contributed by atoms with Gasteiger partial charge in [-0.2, -0.15) is 0 Å². The van der Waals surface area contributed by atoms with Gasteiger partial charge in [0.2, 0.25) is 0 Å². The summed E-state index contributed by atoms with van der Waals surface area (Å²) in [5, 5.41) is 4.92. The van der Waals surface area contributed by atoms with Crippen molar-refractivity contribution < 1.29 is 0 Å². The molecule has 0 N–H and O–H groups in total. The molecule has 2 aromatic carbocycles. The lowest BCUT2D eigenvalue weighted by Crippen LogP contribution is -2.26. The lowest BCUT2D eigenvalue weighted by Gasteiger charge is -2.24. The van der Waals surface area contributed by atoms with Crippen LogP contribution in [-0.2, 0) is 19.5 Å². The standard InChI is InChI=1S/C25H25N3S/c1-17-7-8-22-20(13-17)25-19-9-11-27(14-19)15-23(25)28(22)12-10-24-26-21(16-29-24)18-5-3-2-4-6-18/h2-8,13,16,19H,9-12,14-15H2,1H3. The minimum Gasteiger partial charge on any atom is -0.343 e. The van der Waals surface area contributed by atoms with Crippen molar-refractivity contribution in [2.24, 2.45) is 0 Å². The molecular weight excluding hydrogens is 374 g/mol. The van der Waals surface area contributed by atoms with E-state index in [0.717, 1.165) is 25.2 Å². The van der Waals surface area contributed by atoms with Gasteiger partial charge in [-0.25, -0.2) is 4.98 Å². The Morgan fingerprint density at radius 1 is 1.14 bits per heavy atom. The fourth-order valence-electron chi connectivity index (χ4n) is 5.23. The average Bonchev–Trinajstić information content (AvgIpc) is 3.44. The number of aryl methyl sites for hydroxylation is 3. The molecule has 0 aliphatic carbocycles. The second kappa shape index (κ2) is 6.82. The van der Waals surface area contributed by atoms with Gasteiger partial charge < -0.3 is 4.57 Å². The lowest BCUT2D eigenvalue weighted by atomic mass is 9.93. The van der Waals surface area contributed by atoms with Crippen LogP contribution >= 0.6 is 11.3 Å². The number of rotatable bonds is 4. The van der Waals surface area contributed by atoms with Crippen molar-refractivity contribution in [3.63, 3.8) is 0 Å². The van der Waals surface area contributed by atoms with E-state index in [9.17, 15) is 0 Å². The van der Waals surface area contributed by atoms with E-state index in [1.165, 1.54) is 46.5 Å². The predicted octanol–water partition coefficient (Wildman–Crippen LogP) is 5.62. The van der Waals surface area contributed by atoms with Gasteiger partial charge in [-0.05, 0) is 37.6 Å². The molecule has 1 saturated heterocycles. The Morgan fingerprint density at radius 3 is 2.93 bits per heavy atom. The summed E-state index contributed by atoms with van der Waals surface area (Å²) in [4.78, 5) is 7.55. The Hall–Kier alpha value is -2.43. The van der Waals surface area contributed by atoms with Crippen molar-refractivity contribution in [1.29, 1.82) is 0 Å². The van der Waals surface area contributed by atoms with Gasteiger partial charge in [-0.15, -0.1) is 11.3 Å². The van der Waals surface area contributed by atoms with Crippen LogP contribution in [0.4, 0.5) is 0 Å².